The topological polar surface area (TPSA) is 26.0 Å². The van der Waals surface area contributed by atoms with Gasteiger partial charge < -0.3 is 5.73 Å². The zero-order valence-corrected chi connectivity index (χ0v) is 12.8. The molecule has 1 nitrogen and oxygen atoms in total. The number of hydrogen-bond donors (Lipinski definition) is 1. The van der Waals surface area contributed by atoms with Crippen LogP contribution in [0.1, 0.15) is 16.7 Å². The van der Waals surface area contributed by atoms with Gasteiger partial charge in [0.05, 0.1) is 0 Å². The SMILES string of the molecule is Cc1ccc(Sc2cccc(Cl)c2CCN)c(C)c1. The van der Waals surface area contributed by atoms with Crippen LogP contribution in [0.2, 0.25) is 5.02 Å². The van der Waals surface area contributed by atoms with E-state index in [2.05, 4.69) is 38.1 Å². The van der Waals surface area contributed by atoms with Gasteiger partial charge in [0, 0.05) is 14.8 Å². The monoisotopic (exact) mass is 291 g/mol. The van der Waals surface area contributed by atoms with Crippen molar-refractivity contribution >= 4 is 23.4 Å². The number of aryl methyl sites for hydroxylation is 2. The van der Waals surface area contributed by atoms with Crippen molar-refractivity contribution in [1.82, 2.24) is 0 Å². The van der Waals surface area contributed by atoms with Crippen LogP contribution >= 0.6 is 23.4 Å². The smallest absolute Gasteiger partial charge is 0.0449 e. The molecule has 0 bridgehead atoms. The summed E-state index contributed by atoms with van der Waals surface area (Å²) in [7, 11) is 0. The lowest BCUT2D eigenvalue weighted by Crippen LogP contribution is -2.04. The summed E-state index contributed by atoms with van der Waals surface area (Å²) >= 11 is 8.03. The molecule has 0 spiro atoms. The lowest BCUT2D eigenvalue weighted by atomic mass is 10.1. The lowest BCUT2D eigenvalue weighted by molar-refractivity contribution is 0.944. The van der Waals surface area contributed by atoms with E-state index in [0.717, 1.165) is 17.0 Å². The quantitative estimate of drug-likeness (QED) is 0.890. The third-order valence-corrected chi connectivity index (χ3v) is 4.66. The molecule has 0 heterocycles. The van der Waals surface area contributed by atoms with Crippen LogP contribution in [0.5, 0.6) is 0 Å². The first kappa shape index (κ1) is 14.4. The first-order valence-corrected chi connectivity index (χ1v) is 7.54. The molecule has 100 valence electrons. The van der Waals surface area contributed by atoms with Crippen LogP contribution in [-0.4, -0.2) is 6.54 Å². The summed E-state index contributed by atoms with van der Waals surface area (Å²) in [6.07, 6.45) is 0.812. The maximum atomic E-state index is 6.27. The summed E-state index contributed by atoms with van der Waals surface area (Å²) < 4.78 is 0. The largest absolute Gasteiger partial charge is 0.330 e. The Kier molecular flexibility index (Phi) is 4.92. The van der Waals surface area contributed by atoms with Crippen molar-refractivity contribution in [3.05, 3.63) is 58.1 Å². The highest BCUT2D eigenvalue weighted by Gasteiger charge is 2.09. The van der Waals surface area contributed by atoms with Gasteiger partial charge in [0.2, 0.25) is 0 Å². The predicted molar refractivity (Wildman–Crippen MR) is 84.2 cm³/mol. The molecule has 0 saturated carbocycles. The fourth-order valence-corrected chi connectivity index (χ4v) is 3.45. The van der Waals surface area contributed by atoms with Crippen molar-refractivity contribution in [1.29, 1.82) is 0 Å². The average Bonchev–Trinajstić information content (AvgIpc) is 2.37. The van der Waals surface area contributed by atoms with Gasteiger partial charge in [0.1, 0.15) is 0 Å². The molecule has 0 unspecified atom stereocenters. The number of nitrogens with two attached hydrogens (primary N) is 1. The average molecular weight is 292 g/mol. The van der Waals surface area contributed by atoms with E-state index in [9.17, 15) is 0 Å². The maximum Gasteiger partial charge on any atom is 0.0449 e. The van der Waals surface area contributed by atoms with E-state index in [1.165, 1.54) is 20.9 Å². The molecule has 19 heavy (non-hydrogen) atoms. The van der Waals surface area contributed by atoms with Gasteiger partial charge in [0.25, 0.3) is 0 Å². The zero-order chi connectivity index (χ0) is 13.8. The van der Waals surface area contributed by atoms with Crippen LogP contribution in [-0.2, 0) is 6.42 Å². The summed E-state index contributed by atoms with van der Waals surface area (Å²) in [4.78, 5) is 2.47. The molecular weight excluding hydrogens is 274 g/mol. The van der Waals surface area contributed by atoms with E-state index in [0.29, 0.717) is 6.54 Å². The van der Waals surface area contributed by atoms with E-state index < -0.39 is 0 Å². The Balaban J connectivity index is 2.35. The van der Waals surface area contributed by atoms with Gasteiger partial charge in [-0.2, -0.15) is 0 Å². The van der Waals surface area contributed by atoms with Crippen LogP contribution in [0.3, 0.4) is 0 Å². The summed E-state index contributed by atoms with van der Waals surface area (Å²) in [6.45, 7) is 4.87. The third kappa shape index (κ3) is 3.53. The molecule has 2 aromatic rings. The first-order chi connectivity index (χ1) is 9.11. The Hall–Kier alpha value is -0.960. The van der Waals surface area contributed by atoms with Crippen LogP contribution in [0.4, 0.5) is 0 Å². The molecule has 0 radical (unpaired) electrons. The Labute approximate surface area is 124 Å². The number of rotatable bonds is 4. The molecule has 0 atom stereocenters. The highest BCUT2D eigenvalue weighted by atomic mass is 35.5. The van der Waals surface area contributed by atoms with Crippen molar-refractivity contribution < 1.29 is 0 Å². The molecule has 2 aromatic carbocycles. The Bertz CT molecular complexity index is 581. The second-order valence-electron chi connectivity index (χ2n) is 4.63. The number of halogens is 1. The normalized spacial score (nSPS) is 10.7. The number of benzene rings is 2. The molecule has 0 aromatic heterocycles. The highest BCUT2D eigenvalue weighted by Crippen LogP contribution is 2.35. The standard InChI is InChI=1S/C16H18ClNS/c1-11-6-7-15(12(2)10-11)19-16-5-3-4-14(17)13(16)8-9-18/h3-7,10H,8-9,18H2,1-2H3. The third-order valence-electron chi connectivity index (χ3n) is 3.02. The minimum absolute atomic E-state index is 0.615. The van der Waals surface area contributed by atoms with Gasteiger partial charge >= 0.3 is 0 Å². The molecule has 0 aliphatic heterocycles. The second kappa shape index (κ2) is 6.47. The first-order valence-electron chi connectivity index (χ1n) is 6.34. The molecule has 2 rings (SSSR count). The van der Waals surface area contributed by atoms with E-state index in [4.69, 9.17) is 17.3 Å². The van der Waals surface area contributed by atoms with E-state index >= 15 is 0 Å². The van der Waals surface area contributed by atoms with Crippen LogP contribution in [0, 0.1) is 13.8 Å². The number of hydrogen-bond acceptors (Lipinski definition) is 2. The molecule has 3 heteroatoms. The van der Waals surface area contributed by atoms with Gasteiger partial charge in [-0.15, -0.1) is 0 Å². The Morgan fingerprint density at radius 1 is 1.11 bits per heavy atom. The second-order valence-corrected chi connectivity index (χ2v) is 6.12. The van der Waals surface area contributed by atoms with Gasteiger partial charge in [-0.3, -0.25) is 0 Å². The van der Waals surface area contributed by atoms with Crippen LogP contribution < -0.4 is 5.73 Å². The summed E-state index contributed by atoms with van der Waals surface area (Å²) in [5, 5.41) is 0.806. The molecule has 0 fully saturated rings. The highest BCUT2D eigenvalue weighted by molar-refractivity contribution is 7.99. The van der Waals surface area contributed by atoms with E-state index in [-0.39, 0.29) is 0 Å². The van der Waals surface area contributed by atoms with Crippen molar-refractivity contribution in [2.75, 3.05) is 6.54 Å². The Morgan fingerprint density at radius 3 is 2.58 bits per heavy atom. The molecule has 0 amide bonds. The minimum Gasteiger partial charge on any atom is -0.330 e. The molecule has 0 aliphatic rings. The van der Waals surface area contributed by atoms with E-state index in [1.807, 2.05) is 12.1 Å². The molecule has 0 aliphatic carbocycles. The van der Waals surface area contributed by atoms with Crippen LogP contribution in [0.25, 0.3) is 0 Å². The Morgan fingerprint density at radius 2 is 1.89 bits per heavy atom. The molecule has 2 N–H and O–H groups in total. The van der Waals surface area contributed by atoms with Gasteiger partial charge in [-0.05, 0) is 56.1 Å². The van der Waals surface area contributed by atoms with Crippen molar-refractivity contribution in [3.63, 3.8) is 0 Å². The fourth-order valence-electron chi connectivity index (χ4n) is 2.05. The summed E-state index contributed by atoms with van der Waals surface area (Å²) in [5.41, 5.74) is 9.41. The summed E-state index contributed by atoms with van der Waals surface area (Å²) in [5.74, 6) is 0. The van der Waals surface area contributed by atoms with Crippen LogP contribution in [0.15, 0.2) is 46.2 Å². The van der Waals surface area contributed by atoms with Gasteiger partial charge in [-0.25, -0.2) is 0 Å². The van der Waals surface area contributed by atoms with Crippen molar-refractivity contribution in [2.24, 2.45) is 5.73 Å². The van der Waals surface area contributed by atoms with Gasteiger partial charge in [-0.1, -0.05) is 47.1 Å². The maximum absolute atomic E-state index is 6.27. The molecule has 0 saturated heterocycles. The molecular formula is C16H18ClNS. The zero-order valence-electron chi connectivity index (χ0n) is 11.2. The fraction of sp³-hybridized carbons (Fsp3) is 0.250. The van der Waals surface area contributed by atoms with Crippen molar-refractivity contribution in [2.45, 2.75) is 30.1 Å². The lowest BCUT2D eigenvalue weighted by Gasteiger charge is -2.12. The predicted octanol–water partition coefficient (Wildman–Crippen LogP) is 4.61. The minimum atomic E-state index is 0.615. The van der Waals surface area contributed by atoms with E-state index in [1.54, 1.807) is 11.8 Å². The summed E-state index contributed by atoms with van der Waals surface area (Å²) in [6, 6.07) is 12.5. The van der Waals surface area contributed by atoms with Crippen molar-refractivity contribution in [3.8, 4) is 0 Å². The van der Waals surface area contributed by atoms with Gasteiger partial charge in [0.15, 0.2) is 0 Å².